The Morgan fingerprint density at radius 3 is 2.58 bits per heavy atom. The molecule has 1 aromatic rings. The minimum Gasteiger partial charge on any atom is -0.382 e. The summed E-state index contributed by atoms with van der Waals surface area (Å²) in [5, 5.41) is 9.32. The number of ketones is 1. The van der Waals surface area contributed by atoms with Crippen LogP contribution in [0.5, 0.6) is 0 Å². The molecule has 0 bridgehead atoms. The van der Waals surface area contributed by atoms with Crippen LogP contribution in [0, 0.1) is 0 Å². The lowest BCUT2D eigenvalue weighted by Crippen LogP contribution is -2.31. The maximum atomic E-state index is 11.3. The van der Waals surface area contributed by atoms with Crippen LogP contribution in [-0.2, 0) is 0 Å². The lowest BCUT2D eigenvalue weighted by molar-refractivity contribution is 0.0482. The number of hydrogen-bond donors (Lipinski definition) is 1. The van der Waals surface area contributed by atoms with E-state index in [0.29, 0.717) is 0 Å². The first-order chi connectivity index (χ1) is 5.52. The first-order valence-corrected chi connectivity index (χ1v) is 3.55. The Morgan fingerprint density at radius 1 is 1.50 bits per heavy atom. The van der Waals surface area contributed by atoms with E-state index in [1.165, 1.54) is 32.4 Å². The highest BCUT2D eigenvalue weighted by molar-refractivity contribution is 5.99. The molecular weight excluding hydrogens is 156 g/mol. The number of carbonyl (C=O) groups excluding carboxylic acids is 1. The smallest absolute Gasteiger partial charge is 0.213 e. The molecule has 0 amide bonds. The second-order valence-electron chi connectivity index (χ2n) is 2.98. The zero-order valence-corrected chi connectivity index (χ0v) is 6.98. The summed E-state index contributed by atoms with van der Waals surface area (Å²) in [6.45, 7) is 2.84. The molecule has 12 heavy (non-hydrogen) atoms. The Kier molecular flexibility index (Phi) is 2.19. The van der Waals surface area contributed by atoms with Gasteiger partial charge in [-0.15, -0.1) is 0 Å². The first kappa shape index (κ1) is 8.80. The molecule has 0 aliphatic carbocycles. The molecule has 0 saturated carbocycles. The highest BCUT2D eigenvalue weighted by Gasteiger charge is 2.26. The van der Waals surface area contributed by atoms with Crippen LogP contribution in [0.15, 0.2) is 18.6 Å². The molecular formula is C8H10N2O2. The summed E-state index contributed by atoms with van der Waals surface area (Å²) in [5.41, 5.74) is -1.19. The van der Waals surface area contributed by atoms with E-state index in [9.17, 15) is 9.90 Å². The van der Waals surface area contributed by atoms with Crippen LogP contribution in [0.1, 0.15) is 24.3 Å². The van der Waals surface area contributed by atoms with Gasteiger partial charge in [0.1, 0.15) is 11.3 Å². The van der Waals surface area contributed by atoms with Gasteiger partial charge in [0.25, 0.3) is 0 Å². The number of nitrogens with zero attached hydrogens (tertiary/aromatic N) is 2. The van der Waals surface area contributed by atoms with E-state index in [0.717, 1.165) is 0 Å². The van der Waals surface area contributed by atoms with E-state index in [1.807, 2.05) is 0 Å². The van der Waals surface area contributed by atoms with E-state index >= 15 is 0 Å². The molecule has 0 spiro atoms. The van der Waals surface area contributed by atoms with Crippen LogP contribution < -0.4 is 0 Å². The van der Waals surface area contributed by atoms with Crippen LogP contribution >= 0.6 is 0 Å². The van der Waals surface area contributed by atoms with Gasteiger partial charge in [0.15, 0.2) is 0 Å². The van der Waals surface area contributed by atoms with Gasteiger partial charge in [-0.3, -0.25) is 9.78 Å². The largest absolute Gasteiger partial charge is 0.382 e. The van der Waals surface area contributed by atoms with Gasteiger partial charge < -0.3 is 5.11 Å². The third-order valence-corrected chi connectivity index (χ3v) is 1.35. The molecule has 1 rings (SSSR count). The van der Waals surface area contributed by atoms with Gasteiger partial charge in [-0.25, -0.2) is 4.98 Å². The minimum absolute atomic E-state index is 0.185. The monoisotopic (exact) mass is 166 g/mol. The van der Waals surface area contributed by atoms with Crippen LogP contribution in [0.4, 0.5) is 0 Å². The van der Waals surface area contributed by atoms with Crippen LogP contribution in [0.2, 0.25) is 0 Å². The molecule has 4 heteroatoms. The van der Waals surface area contributed by atoms with Gasteiger partial charge in [-0.2, -0.15) is 0 Å². The maximum absolute atomic E-state index is 11.3. The fraction of sp³-hybridized carbons (Fsp3) is 0.375. The summed E-state index contributed by atoms with van der Waals surface area (Å²) in [6.07, 6.45) is 4.22. The number of rotatable bonds is 2. The van der Waals surface area contributed by atoms with E-state index in [1.54, 1.807) is 0 Å². The fourth-order valence-electron chi connectivity index (χ4n) is 0.730. The lowest BCUT2D eigenvalue weighted by atomic mass is 10.0. The highest BCUT2D eigenvalue weighted by atomic mass is 16.3. The predicted octanol–water partition coefficient (Wildman–Crippen LogP) is 0.430. The van der Waals surface area contributed by atoms with Gasteiger partial charge in [-0.1, -0.05) is 0 Å². The third kappa shape index (κ3) is 1.85. The van der Waals surface area contributed by atoms with Crippen molar-refractivity contribution in [3.63, 3.8) is 0 Å². The molecule has 0 fully saturated rings. The van der Waals surface area contributed by atoms with E-state index < -0.39 is 11.4 Å². The van der Waals surface area contributed by atoms with Crippen molar-refractivity contribution >= 4 is 5.78 Å². The lowest BCUT2D eigenvalue weighted by Gasteiger charge is -2.13. The van der Waals surface area contributed by atoms with Crippen molar-refractivity contribution < 1.29 is 9.90 Å². The van der Waals surface area contributed by atoms with E-state index in [4.69, 9.17) is 0 Å². The standard InChI is InChI=1S/C8H10N2O2/c1-8(2,12)7(11)6-5-9-3-4-10-6/h3-5,12H,1-2H3. The van der Waals surface area contributed by atoms with E-state index in [2.05, 4.69) is 9.97 Å². The summed E-state index contributed by atoms with van der Waals surface area (Å²) in [5.74, 6) is -0.421. The second-order valence-corrected chi connectivity index (χ2v) is 2.98. The number of carbonyl (C=O) groups is 1. The topological polar surface area (TPSA) is 63.1 Å². The van der Waals surface area contributed by atoms with Crippen LogP contribution in [-0.4, -0.2) is 26.5 Å². The van der Waals surface area contributed by atoms with Gasteiger partial charge in [-0.05, 0) is 13.8 Å². The van der Waals surface area contributed by atoms with Crippen molar-refractivity contribution in [3.8, 4) is 0 Å². The SMILES string of the molecule is CC(C)(O)C(=O)c1cnccn1. The Balaban J connectivity index is 2.94. The highest BCUT2D eigenvalue weighted by Crippen LogP contribution is 2.08. The molecule has 1 heterocycles. The summed E-state index contributed by atoms with van der Waals surface area (Å²) >= 11 is 0. The second kappa shape index (κ2) is 2.98. The van der Waals surface area contributed by atoms with Gasteiger partial charge >= 0.3 is 0 Å². The third-order valence-electron chi connectivity index (χ3n) is 1.35. The number of aromatic nitrogens is 2. The fourth-order valence-corrected chi connectivity index (χ4v) is 0.730. The van der Waals surface area contributed by atoms with Crippen molar-refractivity contribution in [1.29, 1.82) is 0 Å². The average Bonchev–Trinajstić information content (AvgIpc) is 2.03. The summed E-state index contributed by atoms with van der Waals surface area (Å²) in [7, 11) is 0. The van der Waals surface area contributed by atoms with Crippen molar-refractivity contribution in [1.82, 2.24) is 9.97 Å². The number of hydrogen-bond acceptors (Lipinski definition) is 4. The molecule has 4 nitrogen and oxygen atoms in total. The maximum Gasteiger partial charge on any atom is 0.213 e. The molecule has 64 valence electrons. The van der Waals surface area contributed by atoms with Gasteiger partial charge in [0.2, 0.25) is 5.78 Å². The molecule has 0 aliphatic rings. The van der Waals surface area contributed by atoms with Crippen molar-refractivity contribution in [2.75, 3.05) is 0 Å². The molecule has 0 aliphatic heterocycles. The van der Waals surface area contributed by atoms with Crippen LogP contribution in [0.3, 0.4) is 0 Å². The Hall–Kier alpha value is -1.29. The minimum atomic E-state index is -1.38. The average molecular weight is 166 g/mol. The van der Waals surface area contributed by atoms with Crippen molar-refractivity contribution in [3.05, 3.63) is 24.3 Å². The molecule has 0 unspecified atom stereocenters. The zero-order chi connectivity index (χ0) is 9.19. The van der Waals surface area contributed by atoms with E-state index in [-0.39, 0.29) is 5.69 Å². The number of aliphatic hydroxyl groups is 1. The molecule has 0 saturated heterocycles. The molecule has 0 aromatic carbocycles. The Morgan fingerprint density at radius 2 is 2.17 bits per heavy atom. The molecule has 0 atom stereocenters. The molecule has 0 radical (unpaired) electrons. The summed E-state index contributed by atoms with van der Waals surface area (Å²) in [6, 6.07) is 0. The number of Topliss-reactive ketones (excluding diaryl/α,β-unsaturated/α-hetero) is 1. The van der Waals surface area contributed by atoms with Crippen LogP contribution in [0.25, 0.3) is 0 Å². The van der Waals surface area contributed by atoms with Crippen molar-refractivity contribution in [2.24, 2.45) is 0 Å². The quantitative estimate of drug-likeness (QED) is 0.647. The Bertz CT molecular complexity index is 277. The van der Waals surface area contributed by atoms with Crippen molar-refractivity contribution in [2.45, 2.75) is 19.4 Å². The molecule has 1 N–H and O–H groups in total. The zero-order valence-electron chi connectivity index (χ0n) is 6.98. The predicted molar refractivity (Wildman–Crippen MR) is 42.7 cm³/mol. The molecule has 1 aromatic heterocycles. The van der Waals surface area contributed by atoms with Gasteiger partial charge in [0, 0.05) is 12.4 Å². The summed E-state index contributed by atoms with van der Waals surface area (Å²) < 4.78 is 0. The van der Waals surface area contributed by atoms with Gasteiger partial charge in [0.05, 0.1) is 6.20 Å². The summed E-state index contributed by atoms with van der Waals surface area (Å²) in [4.78, 5) is 18.8. The Labute approximate surface area is 70.3 Å². The normalized spacial score (nSPS) is 11.2. The first-order valence-electron chi connectivity index (χ1n) is 3.55.